The van der Waals surface area contributed by atoms with Gasteiger partial charge in [0.25, 0.3) is 0 Å². The van der Waals surface area contributed by atoms with Crippen LogP contribution in [0.1, 0.15) is 35.1 Å². The molecule has 3 rings (SSSR count). The highest BCUT2D eigenvalue weighted by Gasteiger charge is 2.43. The Morgan fingerprint density at radius 3 is 2.65 bits per heavy atom. The standard InChI is InChI=1S/C17H17ClFN/c1-10-7-14(15(18)9-16(10)19)17(20)13-8-12(13)11-5-3-2-4-6-11/h2-7,9,12-13,17H,8,20H2,1H3. The third kappa shape index (κ3) is 2.46. The van der Waals surface area contributed by atoms with Crippen LogP contribution in [0.3, 0.4) is 0 Å². The first-order valence-corrected chi connectivity index (χ1v) is 7.22. The van der Waals surface area contributed by atoms with Crippen molar-refractivity contribution < 1.29 is 4.39 Å². The second kappa shape index (κ2) is 5.19. The number of halogens is 2. The van der Waals surface area contributed by atoms with Crippen LogP contribution in [0.15, 0.2) is 42.5 Å². The van der Waals surface area contributed by atoms with E-state index in [9.17, 15) is 4.39 Å². The van der Waals surface area contributed by atoms with Crippen molar-refractivity contribution in [3.8, 4) is 0 Å². The number of benzene rings is 2. The van der Waals surface area contributed by atoms with Crippen LogP contribution in [0.5, 0.6) is 0 Å². The van der Waals surface area contributed by atoms with Gasteiger partial charge in [0.15, 0.2) is 0 Å². The Labute approximate surface area is 123 Å². The van der Waals surface area contributed by atoms with Crippen LogP contribution in [-0.2, 0) is 0 Å². The van der Waals surface area contributed by atoms with Crippen molar-refractivity contribution in [2.75, 3.05) is 0 Å². The topological polar surface area (TPSA) is 26.0 Å². The van der Waals surface area contributed by atoms with Gasteiger partial charge in [-0.2, -0.15) is 0 Å². The smallest absolute Gasteiger partial charge is 0.127 e. The fourth-order valence-corrected chi connectivity index (χ4v) is 3.14. The largest absolute Gasteiger partial charge is 0.324 e. The van der Waals surface area contributed by atoms with E-state index < -0.39 is 0 Å². The van der Waals surface area contributed by atoms with Crippen LogP contribution in [0.4, 0.5) is 4.39 Å². The number of nitrogens with two attached hydrogens (primary N) is 1. The predicted molar refractivity (Wildman–Crippen MR) is 80.4 cm³/mol. The number of hydrogen-bond acceptors (Lipinski definition) is 1. The fraction of sp³-hybridized carbons (Fsp3) is 0.294. The minimum Gasteiger partial charge on any atom is -0.324 e. The zero-order chi connectivity index (χ0) is 14.3. The maximum Gasteiger partial charge on any atom is 0.127 e. The lowest BCUT2D eigenvalue weighted by Gasteiger charge is -2.15. The summed E-state index contributed by atoms with van der Waals surface area (Å²) in [5.41, 5.74) is 9.11. The average Bonchev–Trinajstić information content (AvgIpc) is 3.23. The molecular formula is C17H17ClFN. The van der Waals surface area contributed by atoms with Gasteiger partial charge in [-0.25, -0.2) is 4.39 Å². The van der Waals surface area contributed by atoms with Gasteiger partial charge in [-0.05, 0) is 47.9 Å². The van der Waals surface area contributed by atoms with E-state index in [4.69, 9.17) is 17.3 Å². The van der Waals surface area contributed by atoms with Crippen molar-refractivity contribution in [3.05, 3.63) is 70.0 Å². The molecule has 2 N–H and O–H groups in total. The molecule has 1 fully saturated rings. The molecule has 0 saturated heterocycles. The third-order valence-electron chi connectivity index (χ3n) is 4.17. The highest BCUT2D eigenvalue weighted by atomic mass is 35.5. The van der Waals surface area contributed by atoms with E-state index in [0.717, 1.165) is 12.0 Å². The lowest BCUT2D eigenvalue weighted by atomic mass is 9.98. The zero-order valence-electron chi connectivity index (χ0n) is 11.3. The Morgan fingerprint density at radius 2 is 1.95 bits per heavy atom. The maximum atomic E-state index is 13.5. The molecule has 0 amide bonds. The van der Waals surface area contributed by atoms with Crippen LogP contribution in [0, 0.1) is 18.7 Å². The number of hydrogen-bond donors (Lipinski definition) is 1. The molecule has 2 aromatic rings. The van der Waals surface area contributed by atoms with Crippen molar-refractivity contribution in [1.29, 1.82) is 0 Å². The molecule has 1 aliphatic rings. The molecule has 0 bridgehead atoms. The predicted octanol–water partition coefficient (Wildman–Crippen LogP) is 4.59. The molecular weight excluding hydrogens is 273 g/mol. The molecule has 3 heteroatoms. The first kappa shape index (κ1) is 13.6. The summed E-state index contributed by atoms with van der Waals surface area (Å²) in [6.07, 6.45) is 1.07. The number of rotatable bonds is 3. The van der Waals surface area contributed by atoms with E-state index in [-0.39, 0.29) is 11.9 Å². The summed E-state index contributed by atoms with van der Waals surface area (Å²) in [7, 11) is 0. The van der Waals surface area contributed by atoms with Gasteiger partial charge in [-0.3, -0.25) is 0 Å². The van der Waals surface area contributed by atoms with Crippen molar-refractivity contribution in [3.63, 3.8) is 0 Å². The molecule has 1 nitrogen and oxygen atoms in total. The fourth-order valence-electron chi connectivity index (χ4n) is 2.86. The highest BCUT2D eigenvalue weighted by molar-refractivity contribution is 6.31. The molecule has 0 radical (unpaired) electrons. The third-order valence-corrected chi connectivity index (χ3v) is 4.49. The van der Waals surface area contributed by atoms with Crippen molar-refractivity contribution in [2.24, 2.45) is 11.7 Å². The van der Waals surface area contributed by atoms with Crippen molar-refractivity contribution in [1.82, 2.24) is 0 Å². The van der Waals surface area contributed by atoms with Gasteiger partial charge in [0.2, 0.25) is 0 Å². The summed E-state index contributed by atoms with van der Waals surface area (Å²) in [5, 5.41) is 0.430. The Morgan fingerprint density at radius 1 is 1.25 bits per heavy atom. The molecule has 3 unspecified atom stereocenters. The highest BCUT2D eigenvalue weighted by Crippen LogP contribution is 2.53. The second-order valence-electron chi connectivity index (χ2n) is 5.57. The first-order valence-electron chi connectivity index (χ1n) is 6.84. The SMILES string of the molecule is Cc1cc(C(N)C2CC2c2ccccc2)c(Cl)cc1F. The van der Waals surface area contributed by atoms with Crippen LogP contribution in [0.2, 0.25) is 5.02 Å². The zero-order valence-corrected chi connectivity index (χ0v) is 12.1. The van der Waals surface area contributed by atoms with E-state index >= 15 is 0 Å². The quantitative estimate of drug-likeness (QED) is 0.878. The molecule has 1 aliphatic carbocycles. The van der Waals surface area contributed by atoms with Gasteiger partial charge < -0.3 is 5.73 Å². The van der Waals surface area contributed by atoms with Crippen LogP contribution in [-0.4, -0.2) is 0 Å². The monoisotopic (exact) mass is 289 g/mol. The van der Waals surface area contributed by atoms with Gasteiger partial charge in [0.1, 0.15) is 5.82 Å². The molecule has 20 heavy (non-hydrogen) atoms. The Kier molecular flexibility index (Phi) is 3.53. The summed E-state index contributed by atoms with van der Waals surface area (Å²) >= 11 is 6.14. The Balaban J connectivity index is 1.82. The number of aryl methyl sites for hydroxylation is 1. The van der Waals surface area contributed by atoms with Gasteiger partial charge in [-0.1, -0.05) is 48.0 Å². The van der Waals surface area contributed by atoms with Crippen molar-refractivity contribution in [2.45, 2.75) is 25.3 Å². The second-order valence-corrected chi connectivity index (χ2v) is 5.97. The van der Waals surface area contributed by atoms with E-state index in [0.29, 0.717) is 22.4 Å². The van der Waals surface area contributed by atoms with Crippen molar-refractivity contribution >= 4 is 11.6 Å². The summed E-state index contributed by atoms with van der Waals surface area (Å²) in [4.78, 5) is 0. The molecule has 2 aromatic carbocycles. The molecule has 0 heterocycles. The van der Waals surface area contributed by atoms with Gasteiger partial charge in [-0.15, -0.1) is 0 Å². The van der Waals surface area contributed by atoms with Gasteiger partial charge in [0, 0.05) is 11.1 Å². The van der Waals surface area contributed by atoms with E-state index in [2.05, 4.69) is 12.1 Å². The van der Waals surface area contributed by atoms with Gasteiger partial charge in [0.05, 0.1) is 0 Å². The van der Waals surface area contributed by atoms with E-state index in [1.165, 1.54) is 11.6 Å². The lowest BCUT2D eigenvalue weighted by Crippen LogP contribution is -2.14. The molecule has 0 aromatic heterocycles. The molecule has 0 spiro atoms. The normalized spacial score (nSPS) is 22.6. The summed E-state index contributed by atoms with van der Waals surface area (Å²) in [6, 6.07) is 13.4. The summed E-state index contributed by atoms with van der Waals surface area (Å²) in [5.74, 6) is 0.605. The van der Waals surface area contributed by atoms with Crippen LogP contribution in [0.25, 0.3) is 0 Å². The Bertz CT molecular complexity index is 626. The molecule has 3 atom stereocenters. The molecule has 1 saturated carbocycles. The Hall–Kier alpha value is -1.38. The van der Waals surface area contributed by atoms with Crippen LogP contribution >= 0.6 is 11.6 Å². The maximum absolute atomic E-state index is 13.5. The minimum atomic E-state index is -0.277. The summed E-state index contributed by atoms with van der Waals surface area (Å²) < 4.78 is 13.5. The minimum absolute atomic E-state index is 0.132. The van der Waals surface area contributed by atoms with E-state index in [1.807, 2.05) is 18.2 Å². The lowest BCUT2D eigenvalue weighted by molar-refractivity contribution is 0.599. The average molecular weight is 290 g/mol. The molecule has 104 valence electrons. The first-order chi connectivity index (χ1) is 9.58. The van der Waals surface area contributed by atoms with Crippen LogP contribution < -0.4 is 5.73 Å². The summed E-state index contributed by atoms with van der Waals surface area (Å²) in [6.45, 7) is 1.74. The van der Waals surface area contributed by atoms with Gasteiger partial charge >= 0.3 is 0 Å². The van der Waals surface area contributed by atoms with E-state index in [1.54, 1.807) is 13.0 Å². The molecule has 0 aliphatic heterocycles.